The molecular formula is C10H12O7S. The van der Waals surface area contributed by atoms with E-state index in [2.05, 4.69) is 9.47 Å². The molecule has 1 rings (SSSR count). The smallest absolute Gasteiger partial charge is 0.337 e. The molecule has 0 aromatic heterocycles. The summed E-state index contributed by atoms with van der Waals surface area (Å²) in [6, 6.07) is 0. The molecule has 0 spiro atoms. The van der Waals surface area contributed by atoms with Crippen LogP contribution in [0.1, 0.15) is 6.42 Å². The van der Waals surface area contributed by atoms with E-state index in [1.807, 2.05) is 0 Å². The Bertz CT molecular complexity index is 528. The molecule has 7 nitrogen and oxygen atoms in total. The van der Waals surface area contributed by atoms with Crippen LogP contribution in [0.5, 0.6) is 0 Å². The van der Waals surface area contributed by atoms with Crippen molar-refractivity contribution in [3.63, 3.8) is 0 Å². The van der Waals surface area contributed by atoms with E-state index in [1.54, 1.807) is 0 Å². The van der Waals surface area contributed by atoms with Crippen LogP contribution in [0.2, 0.25) is 0 Å². The molecule has 0 fully saturated rings. The van der Waals surface area contributed by atoms with Crippen molar-refractivity contribution in [3.8, 4) is 0 Å². The lowest BCUT2D eigenvalue weighted by atomic mass is 9.95. The summed E-state index contributed by atoms with van der Waals surface area (Å²) in [5, 5.41) is 0. The summed E-state index contributed by atoms with van der Waals surface area (Å²) >= 11 is 0. The van der Waals surface area contributed by atoms with Gasteiger partial charge >= 0.3 is 11.9 Å². The van der Waals surface area contributed by atoms with Crippen molar-refractivity contribution in [2.75, 3.05) is 14.2 Å². The van der Waals surface area contributed by atoms with Gasteiger partial charge in [0.1, 0.15) is 0 Å². The second kappa shape index (κ2) is 4.91. The average Bonchev–Trinajstić information content (AvgIpc) is 2.35. The molecule has 0 radical (unpaired) electrons. The topological polar surface area (TPSA) is 107 Å². The minimum Gasteiger partial charge on any atom is -0.468 e. The van der Waals surface area contributed by atoms with Gasteiger partial charge in [0.15, 0.2) is 0 Å². The molecule has 0 aromatic carbocycles. The molecule has 8 heteroatoms. The predicted octanol–water partition coefficient (Wildman–Crippen LogP) is -0.155. The third kappa shape index (κ3) is 2.29. The fraction of sp³-hybridized carbons (Fsp3) is 0.400. The van der Waals surface area contributed by atoms with Gasteiger partial charge in [-0.2, -0.15) is 8.42 Å². The zero-order valence-corrected chi connectivity index (χ0v) is 10.6. The number of hydrogen-bond acceptors (Lipinski definition) is 6. The highest BCUT2D eigenvalue weighted by Crippen LogP contribution is 2.31. The lowest BCUT2D eigenvalue weighted by Crippen LogP contribution is -2.46. The molecule has 0 amide bonds. The third-order valence-electron chi connectivity index (χ3n) is 2.52. The van der Waals surface area contributed by atoms with Crippen molar-refractivity contribution < 1.29 is 32.0 Å². The molecular weight excluding hydrogens is 264 g/mol. The fourth-order valence-electron chi connectivity index (χ4n) is 1.56. The van der Waals surface area contributed by atoms with Crippen molar-refractivity contribution in [2.24, 2.45) is 0 Å². The number of rotatable bonds is 3. The highest BCUT2D eigenvalue weighted by atomic mass is 32.2. The monoisotopic (exact) mass is 276 g/mol. The SMILES string of the molecule is COC(=O)C1=CC(C(=O)OC)(S(=O)(=O)O)CC=C1. The highest BCUT2D eigenvalue weighted by molar-refractivity contribution is 7.88. The molecule has 0 saturated carbocycles. The van der Waals surface area contributed by atoms with E-state index in [-0.39, 0.29) is 12.0 Å². The van der Waals surface area contributed by atoms with E-state index in [0.29, 0.717) is 0 Å². The number of carbonyl (C=O) groups is 2. The Morgan fingerprint density at radius 2 is 1.94 bits per heavy atom. The van der Waals surface area contributed by atoms with Crippen molar-refractivity contribution in [3.05, 3.63) is 23.8 Å². The Labute approximate surface area is 104 Å². The molecule has 1 aliphatic rings. The summed E-state index contributed by atoms with van der Waals surface area (Å²) in [6.07, 6.45) is 3.09. The molecule has 0 bridgehead atoms. The van der Waals surface area contributed by atoms with Crippen molar-refractivity contribution >= 4 is 22.1 Å². The van der Waals surface area contributed by atoms with Gasteiger partial charge in [-0.05, 0) is 6.08 Å². The number of hydrogen-bond donors (Lipinski definition) is 1. The fourth-order valence-corrected chi connectivity index (χ4v) is 2.44. The summed E-state index contributed by atoms with van der Waals surface area (Å²) in [7, 11) is -2.69. The second-order valence-corrected chi connectivity index (χ2v) is 5.23. The molecule has 0 aliphatic heterocycles. The van der Waals surface area contributed by atoms with Gasteiger partial charge in [0.05, 0.1) is 19.8 Å². The Morgan fingerprint density at radius 3 is 2.39 bits per heavy atom. The van der Waals surface area contributed by atoms with Gasteiger partial charge in [0, 0.05) is 6.42 Å². The normalized spacial score (nSPS) is 23.2. The summed E-state index contributed by atoms with van der Waals surface area (Å²) < 4.78 is 38.5. The van der Waals surface area contributed by atoms with E-state index in [9.17, 15) is 22.6 Å². The zero-order chi connectivity index (χ0) is 14.0. The predicted molar refractivity (Wildman–Crippen MR) is 60.2 cm³/mol. The number of carbonyl (C=O) groups excluding carboxylic acids is 2. The van der Waals surface area contributed by atoms with E-state index in [4.69, 9.17) is 0 Å². The summed E-state index contributed by atoms with van der Waals surface area (Å²) in [6.45, 7) is 0. The molecule has 0 saturated heterocycles. The highest BCUT2D eigenvalue weighted by Gasteiger charge is 2.50. The van der Waals surface area contributed by atoms with Crippen LogP contribution in [0.25, 0.3) is 0 Å². The van der Waals surface area contributed by atoms with E-state index < -0.39 is 26.8 Å². The van der Waals surface area contributed by atoms with E-state index in [1.165, 1.54) is 12.2 Å². The van der Waals surface area contributed by atoms with Crippen LogP contribution in [-0.2, 0) is 29.2 Å². The van der Waals surface area contributed by atoms with Crippen LogP contribution in [0.15, 0.2) is 23.8 Å². The first kappa shape index (κ1) is 14.4. The Morgan fingerprint density at radius 1 is 1.33 bits per heavy atom. The van der Waals surface area contributed by atoms with Gasteiger partial charge in [0.25, 0.3) is 10.1 Å². The lowest BCUT2D eigenvalue weighted by Gasteiger charge is -2.25. The van der Waals surface area contributed by atoms with Crippen LogP contribution in [0, 0.1) is 0 Å². The third-order valence-corrected chi connectivity index (χ3v) is 3.89. The largest absolute Gasteiger partial charge is 0.468 e. The van der Waals surface area contributed by atoms with Gasteiger partial charge < -0.3 is 9.47 Å². The Balaban J connectivity index is 3.40. The van der Waals surface area contributed by atoms with Crippen LogP contribution >= 0.6 is 0 Å². The first-order chi connectivity index (χ1) is 8.28. The maximum atomic E-state index is 11.6. The summed E-state index contributed by atoms with van der Waals surface area (Å²) in [4.78, 5) is 22.9. The first-order valence-electron chi connectivity index (χ1n) is 4.81. The Hall–Kier alpha value is -1.67. The number of allylic oxidation sites excluding steroid dienone is 1. The first-order valence-corrected chi connectivity index (χ1v) is 6.25. The number of methoxy groups -OCH3 is 2. The molecule has 0 heterocycles. The zero-order valence-electron chi connectivity index (χ0n) is 9.74. The van der Waals surface area contributed by atoms with Crippen LogP contribution < -0.4 is 0 Å². The Kier molecular flexibility index (Phi) is 3.92. The van der Waals surface area contributed by atoms with Gasteiger partial charge in [-0.15, -0.1) is 0 Å². The quantitative estimate of drug-likeness (QED) is 0.564. The average molecular weight is 276 g/mol. The maximum absolute atomic E-state index is 11.6. The second-order valence-electron chi connectivity index (χ2n) is 3.55. The standard InChI is InChI=1S/C10H12O7S/c1-16-8(11)7-4-3-5-10(6-7,9(12)17-2)18(13,14)15/h3-4,6H,5H2,1-2H3,(H,13,14,15). The molecule has 1 unspecified atom stereocenters. The van der Waals surface area contributed by atoms with Crippen LogP contribution in [0.3, 0.4) is 0 Å². The molecule has 0 aromatic rings. The minimum atomic E-state index is -4.78. The molecule has 100 valence electrons. The molecule has 1 aliphatic carbocycles. The lowest BCUT2D eigenvalue weighted by molar-refractivity contribution is -0.142. The van der Waals surface area contributed by atoms with Crippen molar-refractivity contribution in [1.82, 2.24) is 0 Å². The van der Waals surface area contributed by atoms with E-state index >= 15 is 0 Å². The summed E-state index contributed by atoms with van der Waals surface area (Å²) in [5.41, 5.74) is -0.147. The van der Waals surface area contributed by atoms with Crippen LogP contribution in [0.4, 0.5) is 0 Å². The van der Waals surface area contributed by atoms with Crippen LogP contribution in [-0.4, -0.2) is 43.9 Å². The molecule has 18 heavy (non-hydrogen) atoms. The number of esters is 2. The van der Waals surface area contributed by atoms with Gasteiger partial charge in [-0.25, -0.2) is 9.59 Å². The maximum Gasteiger partial charge on any atom is 0.337 e. The van der Waals surface area contributed by atoms with Gasteiger partial charge in [-0.1, -0.05) is 12.2 Å². The van der Waals surface area contributed by atoms with E-state index in [0.717, 1.165) is 20.3 Å². The summed E-state index contributed by atoms with van der Waals surface area (Å²) in [5.74, 6) is -1.99. The molecule has 1 N–H and O–H groups in total. The van der Waals surface area contributed by atoms with Gasteiger partial charge in [0.2, 0.25) is 4.75 Å². The number of ether oxygens (including phenoxy) is 2. The minimum absolute atomic E-state index is 0.147. The van der Waals surface area contributed by atoms with Crippen molar-refractivity contribution in [2.45, 2.75) is 11.2 Å². The molecule has 1 atom stereocenters. The van der Waals surface area contributed by atoms with Gasteiger partial charge in [-0.3, -0.25) is 4.55 Å². The van der Waals surface area contributed by atoms with Crippen molar-refractivity contribution in [1.29, 1.82) is 0 Å².